The highest BCUT2D eigenvalue weighted by atomic mass is 19.1. The summed E-state index contributed by atoms with van der Waals surface area (Å²) in [5, 5.41) is 12.3. The Morgan fingerprint density at radius 2 is 1.02 bits per heavy atom. The van der Waals surface area contributed by atoms with Crippen LogP contribution in [-0.2, 0) is 0 Å². The zero-order valence-corrected chi connectivity index (χ0v) is 28.7. The van der Waals surface area contributed by atoms with Gasteiger partial charge in [0.1, 0.15) is 5.82 Å². The van der Waals surface area contributed by atoms with Crippen molar-refractivity contribution in [2.75, 3.05) is 4.90 Å². The number of nitrogens with zero attached hydrogens (tertiary/aromatic N) is 2. The van der Waals surface area contributed by atoms with Crippen LogP contribution >= 0.6 is 0 Å². The van der Waals surface area contributed by atoms with Crippen LogP contribution in [0.2, 0.25) is 0 Å². The fraction of sp³-hybridized carbons (Fsp3) is 0. The van der Waals surface area contributed by atoms with Gasteiger partial charge in [-0.1, -0.05) is 121 Å². The minimum absolute atomic E-state index is 0.245. The second-order valence-electron chi connectivity index (χ2n) is 13.9. The van der Waals surface area contributed by atoms with Gasteiger partial charge in [-0.25, -0.2) is 4.39 Å². The van der Waals surface area contributed by atoms with Crippen LogP contribution in [0.1, 0.15) is 0 Å². The summed E-state index contributed by atoms with van der Waals surface area (Å²) in [5.41, 5.74) is 8.70. The van der Waals surface area contributed by atoms with E-state index in [-0.39, 0.29) is 5.82 Å². The van der Waals surface area contributed by atoms with Gasteiger partial charge in [0, 0.05) is 33.2 Å². The first-order valence-corrected chi connectivity index (χ1v) is 18.0. The van der Waals surface area contributed by atoms with E-state index in [9.17, 15) is 4.39 Å². The molecule has 0 atom stereocenters. The van der Waals surface area contributed by atoms with E-state index in [1.165, 1.54) is 53.9 Å². The Morgan fingerprint density at radius 1 is 0.377 bits per heavy atom. The first-order chi connectivity index (χ1) is 26.2. The molecule has 53 heavy (non-hydrogen) atoms. The molecule has 0 spiro atoms. The molecule has 0 bridgehead atoms. The summed E-state index contributed by atoms with van der Waals surface area (Å²) in [6.07, 6.45) is 0. The normalized spacial score (nSPS) is 11.9. The Morgan fingerprint density at radius 3 is 1.85 bits per heavy atom. The molecule has 0 unspecified atom stereocenters. The predicted octanol–water partition coefficient (Wildman–Crippen LogP) is 14.1. The van der Waals surface area contributed by atoms with Crippen LogP contribution < -0.4 is 4.90 Å². The maximum atomic E-state index is 14.3. The van der Waals surface area contributed by atoms with Crippen molar-refractivity contribution in [1.82, 2.24) is 4.57 Å². The van der Waals surface area contributed by atoms with Crippen molar-refractivity contribution in [3.63, 3.8) is 0 Å². The number of aromatic nitrogens is 1. The molecule has 0 saturated heterocycles. The molecule has 1 heterocycles. The summed E-state index contributed by atoms with van der Waals surface area (Å²) in [5.74, 6) is -0.245. The summed E-state index contributed by atoms with van der Waals surface area (Å²) in [4.78, 5) is 2.33. The van der Waals surface area contributed by atoms with Crippen LogP contribution in [0.5, 0.6) is 0 Å². The van der Waals surface area contributed by atoms with Gasteiger partial charge in [0.05, 0.1) is 16.7 Å². The monoisotopic (exact) mass is 678 g/mol. The van der Waals surface area contributed by atoms with Crippen molar-refractivity contribution in [2.24, 2.45) is 0 Å². The molecule has 0 N–H and O–H groups in total. The number of halogens is 1. The zero-order valence-electron chi connectivity index (χ0n) is 28.7. The van der Waals surface area contributed by atoms with Crippen molar-refractivity contribution in [2.45, 2.75) is 0 Å². The van der Waals surface area contributed by atoms with E-state index in [1.54, 1.807) is 12.1 Å². The Kier molecular flexibility index (Phi) is 6.47. The lowest BCUT2D eigenvalue weighted by molar-refractivity contribution is 0.627. The maximum Gasteiger partial charge on any atom is 0.123 e. The van der Waals surface area contributed by atoms with Crippen LogP contribution in [0.3, 0.4) is 0 Å². The Labute approximate surface area is 305 Å². The number of hydrogen-bond donors (Lipinski definition) is 0. The molecule has 2 nitrogen and oxygen atoms in total. The molecule has 11 rings (SSSR count). The van der Waals surface area contributed by atoms with E-state index >= 15 is 0 Å². The molecule has 0 aliphatic heterocycles. The van der Waals surface area contributed by atoms with Gasteiger partial charge in [-0.3, -0.25) is 0 Å². The van der Waals surface area contributed by atoms with Gasteiger partial charge >= 0.3 is 0 Å². The topological polar surface area (TPSA) is 8.17 Å². The van der Waals surface area contributed by atoms with E-state index in [1.807, 2.05) is 12.1 Å². The molecule has 0 radical (unpaired) electrons. The highest BCUT2D eigenvalue weighted by Gasteiger charge is 2.20. The van der Waals surface area contributed by atoms with E-state index in [0.717, 1.165) is 44.9 Å². The zero-order chi connectivity index (χ0) is 35.0. The predicted molar refractivity (Wildman–Crippen MR) is 222 cm³/mol. The fourth-order valence-electron chi connectivity index (χ4n) is 8.57. The van der Waals surface area contributed by atoms with Crippen molar-refractivity contribution >= 4 is 82.0 Å². The molecular formula is C50H31FN2. The first kappa shape index (κ1) is 29.7. The summed E-state index contributed by atoms with van der Waals surface area (Å²) in [6, 6.07) is 66.0. The number of para-hydroxylation sites is 1. The van der Waals surface area contributed by atoms with E-state index in [4.69, 9.17) is 0 Å². The molecule has 11 aromatic rings. The molecule has 248 valence electrons. The maximum absolute atomic E-state index is 14.3. The van der Waals surface area contributed by atoms with E-state index in [0.29, 0.717) is 0 Å². The van der Waals surface area contributed by atoms with Crippen molar-refractivity contribution in [1.29, 1.82) is 0 Å². The van der Waals surface area contributed by atoms with Gasteiger partial charge in [0.15, 0.2) is 0 Å². The molecule has 10 aromatic carbocycles. The lowest BCUT2D eigenvalue weighted by Gasteiger charge is -2.27. The third-order valence-corrected chi connectivity index (χ3v) is 10.9. The van der Waals surface area contributed by atoms with Crippen LogP contribution in [0.15, 0.2) is 188 Å². The second kappa shape index (κ2) is 11.5. The lowest BCUT2D eigenvalue weighted by Crippen LogP contribution is -2.10. The Bertz CT molecular complexity index is 3140. The van der Waals surface area contributed by atoms with Crippen LogP contribution in [0.4, 0.5) is 21.5 Å². The largest absolute Gasteiger partial charge is 0.310 e. The number of anilines is 3. The van der Waals surface area contributed by atoms with Gasteiger partial charge in [0.25, 0.3) is 0 Å². The summed E-state index contributed by atoms with van der Waals surface area (Å²) < 4.78 is 16.6. The molecule has 0 saturated carbocycles. The molecule has 3 heteroatoms. The molecule has 0 aliphatic rings. The van der Waals surface area contributed by atoms with Crippen molar-refractivity contribution in [3.05, 3.63) is 194 Å². The van der Waals surface area contributed by atoms with Gasteiger partial charge in [0.2, 0.25) is 0 Å². The standard InChI is InChI=1S/C50H31FN2/c51-38-22-26-41(27-23-38)53-46-30-36(21-28-43(46)50-44-29-20-35-11-6-10-34-16-17-37(31-47(50)53)49(44)48(34)35)32-18-24-40(25-19-32)52(39-12-2-1-3-13-39)45-15-7-9-33-8-4-5-14-42(33)45/h1-31H. The number of fused-ring (bicyclic) bond motifs is 5. The van der Waals surface area contributed by atoms with Crippen molar-refractivity contribution in [3.8, 4) is 16.8 Å². The van der Waals surface area contributed by atoms with Crippen LogP contribution in [0.25, 0.3) is 81.7 Å². The second-order valence-corrected chi connectivity index (χ2v) is 13.9. The van der Waals surface area contributed by atoms with Crippen LogP contribution in [-0.4, -0.2) is 4.57 Å². The SMILES string of the molecule is Fc1ccc(-n2c3cc(-c4ccc(N(c5ccccc5)c5cccc6ccccc56)cc4)ccc3c3c4ccc5cccc6ccc(cc32)c4c65)cc1. The third kappa shape index (κ3) is 4.57. The van der Waals surface area contributed by atoms with Crippen molar-refractivity contribution < 1.29 is 4.39 Å². The fourth-order valence-corrected chi connectivity index (χ4v) is 8.57. The van der Waals surface area contributed by atoms with Gasteiger partial charge in [-0.15, -0.1) is 0 Å². The van der Waals surface area contributed by atoms with Gasteiger partial charge < -0.3 is 9.47 Å². The molecule has 1 aromatic heterocycles. The number of rotatable bonds is 5. The minimum Gasteiger partial charge on any atom is -0.310 e. The highest BCUT2D eigenvalue weighted by molar-refractivity contribution is 6.33. The smallest absolute Gasteiger partial charge is 0.123 e. The molecule has 0 amide bonds. The average Bonchev–Trinajstić information content (AvgIpc) is 3.54. The number of benzene rings is 10. The van der Waals surface area contributed by atoms with Gasteiger partial charge in [-0.05, 0) is 116 Å². The Balaban J connectivity index is 1.11. The van der Waals surface area contributed by atoms with Crippen LogP contribution in [0, 0.1) is 5.82 Å². The van der Waals surface area contributed by atoms with Gasteiger partial charge in [-0.2, -0.15) is 0 Å². The average molecular weight is 679 g/mol. The molecule has 0 aliphatic carbocycles. The Hall–Kier alpha value is -6.97. The lowest BCUT2D eigenvalue weighted by atomic mass is 9.92. The highest BCUT2D eigenvalue weighted by Crippen LogP contribution is 2.44. The minimum atomic E-state index is -0.245. The molecule has 0 fully saturated rings. The molecular weight excluding hydrogens is 648 g/mol. The summed E-state index contributed by atoms with van der Waals surface area (Å²) >= 11 is 0. The quantitative estimate of drug-likeness (QED) is 0.165. The first-order valence-electron chi connectivity index (χ1n) is 18.0. The van der Waals surface area contributed by atoms with E-state index in [2.05, 4.69) is 173 Å². The third-order valence-electron chi connectivity index (χ3n) is 10.9. The summed E-state index contributed by atoms with van der Waals surface area (Å²) in [6.45, 7) is 0. The number of hydrogen-bond acceptors (Lipinski definition) is 1. The van der Waals surface area contributed by atoms with E-state index < -0.39 is 0 Å². The summed E-state index contributed by atoms with van der Waals surface area (Å²) in [7, 11) is 0.